The van der Waals surface area contributed by atoms with Crippen LogP contribution in [0, 0.1) is 0 Å². The highest BCUT2D eigenvalue weighted by Crippen LogP contribution is 2.41. The van der Waals surface area contributed by atoms with Gasteiger partial charge in [0, 0.05) is 24.2 Å². The maximum Gasteiger partial charge on any atom is 0.416 e. The molecule has 2 atom stereocenters. The number of benzene rings is 2. The van der Waals surface area contributed by atoms with Crippen molar-refractivity contribution in [2.45, 2.75) is 50.2 Å². The topological polar surface area (TPSA) is 76.9 Å². The summed E-state index contributed by atoms with van der Waals surface area (Å²) in [5.41, 5.74) is -4.14. The van der Waals surface area contributed by atoms with E-state index in [0.717, 1.165) is 4.90 Å². The first kappa shape index (κ1) is 31.6. The van der Waals surface area contributed by atoms with Crippen LogP contribution in [0.1, 0.15) is 37.0 Å². The number of halogens is 7. The van der Waals surface area contributed by atoms with Crippen molar-refractivity contribution in [1.82, 2.24) is 4.98 Å². The smallest absolute Gasteiger partial charge is 0.394 e. The number of aliphatic hydroxyl groups excluding tert-OH is 2. The largest absolute Gasteiger partial charge is 0.416 e. The third-order valence-electron chi connectivity index (χ3n) is 7.41. The van der Waals surface area contributed by atoms with Gasteiger partial charge in [-0.1, -0.05) is 23.7 Å². The van der Waals surface area contributed by atoms with Crippen LogP contribution in [-0.2, 0) is 22.6 Å². The zero-order chi connectivity index (χ0) is 31.2. The minimum atomic E-state index is -5.07. The number of β-amino-alcohol motifs (C(OH)–C–C–N with tert-alkyl or cyclic N) is 1. The number of nitrogens with zero attached hydrogens (tertiary/aromatic N) is 3. The Morgan fingerprint density at radius 3 is 2.17 bits per heavy atom. The van der Waals surface area contributed by atoms with E-state index in [4.69, 9.17) is 11.6 Å². The Bertz CT molecular complexity index is 1450. The van der Waals surface area contributed by atoms with E-state index in [1.54, 1.807) is 35.2 Å². The predicted molar refractivity (Wildman–Crippen MR) is 146 cm³/mol. The summed E-state index contributed by atoms with van der Waals surface area (Å²) in [6, 6.07) is 8.98. The monoisotopic (exact) mass is 615 g/mol. The molecule has 13 heteroatoms. The molecule has 0 spiro atoms. The van der Waals surface area contributed by atoms with Gasteiger partial charge < -0.3 is 20.0 Å². The van der Waals surface area contributed by atoms with Crippen LogP contribution >= 0.6 is 11.6 Å². The predicted octanol–water partition coefficient (Wildman–Crippen LogP) is 6.31. The maximum absolute atomic E-state index is 13.9. The number of hydrogen-bond acceptors (Lipinski definition) is 5. The van der Waals surface area contributed by atoms with Crippen LogP contribution in [0.2, 0.25) is 5.02 Å². The van der Waals surface area contributed by atoms with Crippen molar-refractivity contribution in [3.63, 3.8) is 0 Å². The van der Waals surface area contributed by atoms with Gasteiger partial charge >= 0.3 is 12.4 Å². The number of hydrogen-bond donors (Lipinski definition) is 2. The number of aliphatic hydroxyl groups is 2. The molecule has 42 heavy (non-hydrogen) atoms. The number of aromatic nitrogens is 1. The molecule has 0 bridgehead atoms. The number of carbonyl (C=O) groups is 1. The molecule has 2 heterocycles. The van der Waals surface area contributed by atoms with E-state index in [1.807, 2.05) is 0 Å². The molecule has 1 amide bonds. The highest BCUT2D eigenvalue weighted by molar-refractivity contribution is 6.30. The number of carbonyl (C=O) groups excluding carboxylic acids is 1. The van der Waals surface area contributed by atoms with Gasteiger partial charge in [0.1, 0.15) is 5.82 Å². The van der Waals surface area contributed by atoms with E-state index in [-0.39, 0.29) is 24.9 Å². The van der Waals surface area contributed by atoms with Crippen LogP contribution in [0.15, 0.2) is 54.7 Å². The third-order valence-corrected chi connectivity index (χ3v) is 7.65. The summed E-state index contributed by atoms with van der Waals surface area (Å²) in [7, 11) is 1.35. The van der Waals surface area contributed by atoms with Crippen LogP contribution in [0.4, 0.5) is 37.8 Å². The average molecular weight is 616 g/mol. The van der Waals surface area contributed by atoms with Gasteiger partial charge in [-0.25, -0.2) is 4.98 Å². The molecule has 0 radical (unpaired) electrons. The summed E-state index contributed by atoms with van der Waals surface area (Å²) >= 11 is 6.22. The quantitative estimate of drug-likeness (QED) is 0.318. The SMILES string of the molecule is CN(C(=O)C(C)(C)c1cc(C(F)(F)F)cc(C(F)(F)F)c1)c1cnc(N2C[C@H](O)C[C@H]2CO)cc1-c1cccc(Cl)c1. The van der Waals surface area contributed by atoms with Crippen molar-refractivity contribution in [3.8, 4) is 11.1 Å². The van der Waals surface area contributed by atoms with Crippen LogP contribution in [0.3, 0.4) is 0 Å². The Hall–Kier alpha value is -3.35. The molecule has 3 aromatic rings. The first-order valence-electron chi connectivity index (χ1n) is 12.8. The highest BCUT2D eigenvalue weighted by Gasteiger charge is 2.41. The number of amides is 1. The van der Waals surface area contributed by atoms with Gasteiger partial charge in [-0.15, -0.1) is 0 Å². The van der Waals surface area contributed by atoms with Gasteiger partial charge in [-0.2, -0.15) is 26.3 Å². The van der Waals surface area contributed by atoms with E-state index in [0.29, 0.717) is 40.5 Å². The molecule has 0 aliphatic carbocycles. The fraction of sp³-hybridized carbons (Fsp3) is 0.379. The Morgan fingerprint density at radius 2 is 1.62 bits per heavy atom. The maximum atomic E-state index is 13.9. The lowest BCUT2D eigenvalue weighted by Crippen LogP contribution is -2.42. The minimum Gasteiger partial charge on any atom is -0.394 e. The van der Waals surface area contributed by atoms with Crippen molar-refractivity contribution in [1.29, 1.82) is 0 Å². The van der Waals surface area contributed by atoms with Gasteiger partial charge in [-0.05, 0) is 67.8 Å². The zero-order valence-corrected chi connectivity index (χ0v) is 23.5. The number of pyridine rings is 1. The van der Waals surface area contributed by atoms with Gasteiger partial charge in [-0.3, -0.25) is 4.79 Å². The van der Waals surface area contributed by atoms with E-state index < -0.39 is 52.5 Å². The van der Waals surface area contributed by atoms with Crippen molar-refractivity contribution in [2.24, 2.45) is 0 Å². The second-order valence-electron chi connectivity index (χ2n) is 10.7. The zero-order valence-electron chi connectivity index (χ0n) is 22.8. The molecule has 226 valence electrons. The van der Waals surface area contributed by atoms with E-state index >= 15 is 0 Å². The number of rotatable bonds is 6. The Morgan fingerprint density at radius 1 is 1.02 bits per heavy atom. The molecule has 6 nitrogen and oxygen atoms in total. The molecule has 2 N–H and O–H groups in total. The first-order valence-corrected chi connectivity index (χ1v) is 13.2. The van der Waals surface area contributed by atoms with Gasteiger partial charge in [0.25, 0.3) is 0 Å². The Kier molecular flexibility index (Phi) is 8.56. The molecule has 0 saturated carbocycles. The Labute approximate surface area is 243 Å². The highest BCUT2D eigenvalue weighted by atomic mass is 35.5. The molecule has 1 aromatic heterocycles. The summed E-state index contributed by atoms with van der Waals surface area (Å²) in [4.78, 5) is 21.1. The summed E-state index contributed by atoms with van der Waals surface area (Å²) in [6.07, 6.45) is -9.17. The molecular weight excluding hydrogens is 588 g/mol. The van der Waals surface area contributed by atoms with Crippen molar-refractivity contribution in [3.05, 3.63) is 76.4 Å². The lowest BCUT2D eigenvalue weighted by atomic mass is 9.81. The molecular formula is C29H28ClF6N3O3. The molecule has 0 unspecified atom stereocenters. The summed E-state index contributed by atoms with van der Waals surface area (Å²) in [5, 5.41) is 20.3. The Balaban J connectivity index is 1.81. The van der Waals surface area contributed by atoms with E-state index in [9.17, 15) is 41.4 Å². The van der Waals surface area contributed by atoms with E-state index in [1.165, 1.54) is 27.1 Å². The van der Waals surface area contributed by atoms with Crippen LogP contribution in [-0.4, -0.2) is 53.4 Å². The standard InChI is InChI=1S/C29H28ClF6N3O3/c1-27(2,17-8-18(28(31,32)33)10-19(9-17)29(34,35)36)26(42)38(3)24-13-37-25(39-14-22(41)11-21(39)15-40)12-23(24)16-5-4-6-20(30)7-16/h4-10,12-13,21-22,40-41H,11,14-15H2,1-3H3/t21-,22+/m0/s1. The average Bonchev–Trinajstić information content (AvgIpc) is 3.31. The van der Waals surface area contributed by atoms with Crippen molar-refractivity contribution < 1.29 is 41.4 Å². The lowest BCUT2D eigenvalue weighted by molar-refractivity contribution is -0.143. The first-order chi connectivity index (χ1) is 19.4. The second kappa shape index (κ2) is 11.4. The summed E-state index contributed by atoms with van der Waals surface area (Å²) in [5.74, 6) is -0.408. The molecule has 1 aliphatic heterocycles. The second-order valence-corrected chi connectivity index (χ2v) is 11.2. The molecule has 1 saturated heterocycles. The summed E-state index contributed by atoms with van der Waals surface area (Å²) < 4.78 is 81.3. The third kappa shape index (κ3) is 6.35. The normalized spacial score (nSPS) is 18.0. The molecule has 1 fully saturated rings. The fourth-order valence-electron chi connectivity index (χ4n) is 5.06. The number of anilines is 2. The van der Waals surface area contributed by atoms with Crippen LogP contribution < -0.4 is 9.80 Å². The number of likely N-dealkylation sites (N-methyl/N-ethyl adjacent to an activating group) is 1. The number of alkyl halides is 6. The van der Waals surface area contributed by atoms with Crippen LogP contribution in [0.5, 0.6) is 0 Å². The van der Waals surface area contributed by atoms with Gasteiger partial charge in [0.15, 0.2) is 0 Å². The van der Waals surface area contributed by atoms with Crippen LogP contribution in [0.25, 0.3) is 11.1 Å². The molecule has 2 aromatic carbocycles. The fourth-order valence-corrected chi connectivity index (χ4v) is 5.25. The minimum absolute atomic E-state index is 0.0165. The van der Waals surface area contributed by atoms with Crippen molar-refractivity contribution in [2.75, 3.05) is 30.0 Å². The molecule has 1 aliphatic rings. The van der Waals surface area contributed by atoms with Gasteiger partial charge in [0.05, 0.1) is 47.2 Å². The van der Waals surface area contributed by atoms with Gasteiger partial charge in [0.2, 0.25) is 5.91 Å². The van der Waals surface area contributed by atoms with E-state index in [2.05, 4.69) is 4.98 Å². The lowest BCUT2D eigenvalue weighted by Gasteiger charge is -2.32. The molecule has 4 rings (SSSR count). The summed E-state index contributed by atoms with van der Waals surface area (Å²) in [6.45, 7) is 2.46. The van der Waals surface area contributed by atoms with Crippen molar-refractivity contribution >= 4 is 29.0 Å².